The SMILES string of the molecule is CCOc1ccc(N(C(C)C(=O)NCC2(c3ccccc3)CCOCC2)S(C)(=O)=O)cc1. The Morgan fingerprint density at radius 1 is 1.12 bits per heavy atom. The molecule has 1 N–H and O–H groups in total. The van der Waals surface area contributed by atoms with Gasteiger partial charge in [0.1, 0.15) is 11.8 Å². The zero-order chi connectivity index (χ0) is 23.2. The lowest BCUT2D eigenvalue weighted by Crippen LogP contribution is -2.51. The van der Waals surface area contributed by atoms with Crippen LogP contribution in [0.1, 0.15) is 32.3 Å². The van der Waals surface area contributed by atoms with Crippen LogP contribution < -0.4 is 14.4 Å². The predicted octanol–water partition coefficient (Wildman–Crippen LogP) is 3.10. The quantitative estimate of drug-likeness (QED) is 0.622. The highest BCUT2D eigenvalue weighted by atomic mass is 32.2. The number of nitrogens with one attached hydrogen (secondary N) is 1. The van der Waals surface area contributed by atoms with Gasteiger partial charge in [0, 0.05) is 25.2 Å². The first-order chi connectivity index (χ1) is 15.3. The summed E-state index contributed by atoms with van der Waals surface area (Å²) in [7, 11) is -3.69. The number of ether oxygens (including phenoxy) is 2. The maximum absolute atomic E-state index is 13.1. The minimum absolute atomic E-state index is 0.232. The number of sulfonamides is 1. The zero-order valence-corrected chi connectivity index (χ0v) is 19.7. The molecule has 1 heterocycles. The lowest BCUT2D eigenvalue weighted by molar-refractivity contribution is -0.122. The summed E-state index contributed by atoms with van der Waals surface area (Å²) in [5, 5.41) is 3.02. The van der Waals surface area contributed by atoms with Crippen molar-refractivity contribution in [1.82, 2.24) is 5.32 Å². The van der Waals surface area contributed by atoms with Crippen molar-refractivity contribution in [3.05, 3.63) is 60.2 Å². The lowest BCUT2D eigenvalue weighted by atomic mass is 9.74. The molecule has 1 unspecified atom stereocenters. The summed E-state index contributed by atoms with van der Waals surface area (Å²) in [6.45, 7) is 5.67. The van der Waals surface area contributed by atoms with E-state index in [2.05, 4.69) is 17.4 Å². The molecule has 0 saturated carbocycles. The van der Waals surface area contributed by atoms with Crippen LogP contribution in [0.15, 0.2) is 54.6 Å². The number of anilines is 1. The number of carbonyl (C=O) groups excluding carboxylic acids is 1. The fraction of sp³-hybridized carbons (Fsp3) is 0.458. The number of carbonyl (C=O) groups is 1. The van der Waals surface area contributed by atoms with Crippen LogP contribution in [-0.4, -0.2) is 53.0 Å². The van der Waals surface area contributed by atoms with Crippen LogP contribution in [0.2, 0.25) is 0 Å². The molecule has 1 fully saturated rings. The maximum atomic E-state index is 13.1. The Kier molecular flexibility index (Phi) is 7.79. The van der Waals surface area contributed by atoms with Crippen molar-refractivity contribution in [2.24, 2.45) is 0 Å². The molecule has 174 valence electrons. The van der Waals surface area contributed by atoms with Crippen LogP contribution in [0.3, 0.4) is 0 Å². The first-order valence-corrected chi connectivity index (χ1v) is 12.7. The molecule has 3 rings (SSSR count). The van der Waals surface area contributed by atoms with Gasteiger partial charge in [0.05, 0.1) is 18.6 Å². The minimum atomic E-state index is -3.69. The predicted molar refractivity (Wildman–Crippen MR) is 126 cm³/mol. The summed E-state index contributed by atoms with van der Waals surface area (Å²) in [6.07, 6.45) is 2.69. The number of hydrogen-bond donors (Lipinski definition) is 1. The lowest BCUT2D eigenvalue weighted by Gasteiger charge is -2.38. The fourth-order valence-electron chi connectivity index (χ4n) is 4.19. The van der Waals surface area contributed by atoms with Gasteiger partial charge in [0.25, 0.3) is 0 Å². The topological polar surface area (TPSA) is 84.9 Å². The molecule has 8 heteroatoms. The summed E-state index contributed by atoms with van der Waals surface area (Å²) in [5.41, 5.74) is 1.34. The molecule has 1 aliphatic rings. The van der Waals surface area contributed by atoms with Gasteiger partial charge in [-0.15, -0.1) is 0 Å². The van der Waals surface area contributed by atoms with Crippen LogP contribution in [0, 0.1) is 0 Å². The zero-order valence-electron chi connectivity index (χ0n) is 18.9. The van der Waals surface area contributed by atoms with Crippen molar-refractivity contribution < 1.29 is 22.7 Å². The molecule has 32 heavy (non-hydrogen) atoms. The molecular weight excluding hydrogens is 428 g/mol. The minimum Gasteiger partial charge on any atom is -0.494 e. The molecule has 1 saturated heterocycles. The van der Waals surface area contributed by atoms with E-state index in [1.807, 2.05) is 25.1 Å². The summed E-state index contributed by atoms with van der Waals surface area (Å²) >= 11 is 0. The summed E-state index contributed by atoms with van der Waals surface area (Å²) in [6, 6.07) is 15.9. The van der Waals surface area contributed by atoms with E-state index in [1.165, 1.54) is 0 Å². The molecule has 0 bridgehead atoms. The molecule has 1 amide bonds. The number of nitrogens with zero attached hydrogens (tertiary/aromatic N) is 1. The number of hydrogen-bond acceptors (Lipinski definition) is 5. The van der Waals surface area contributed by atoms with E-state index in [0.717, 1.165) is 29.0 Å². The van der Waals surface area contributed by atoms with E-state index in [0.29, 0.717) is 37.8 Å². The molecule has 1 atom stereocenters. The van der Waals surface area contributed by atoms with Crippen molar-refractivity contribution in [2.75, 3.05) is 36.9 Å². The Morgan fingerprint density at radius 2 is 1.75 bits per heavy atom. The van der Waals surface area contributed by atoms with E-state index in [9.17, 15) is 13.2 Å². The molecule has 0 radical (unpaired) electrons. The van der Waals surface area contributed by atoms with Gasteiger partial charge >= 0.3 is 0 Å². The highest BCUT2D eigenvalue weighted by molar-refractivity contribution is 7.92. The summed E-state index contributed by atoms with van der Waals surface area (Å²) < 4.78 is 37.3. The fourth-order valence-corrected chi connectivity index (χ4v) is 5.36. The average molecular weight is 461 g/mol. The van der Waals surface area contributed by atoms with Crippen LogP contribution in [0.5, 0.6) is 5.75 Å². The van der Waals surface area contributed by atoms with E-state index in [-0.39, 0.29) is 11.3 Å². The second kappa shape index (κ2) is 10.4. The van der Waals surface area contributed by atoms with Gasteiger partial charge in [-0.3, -0.25) is 9.10 Å². The first-order valence-electron chi connectivity index (χ1n) is 10.9. The Balaban J connectivity index is 1.78. The van der Waals surface area contributed by atoms with E-state index < -0.39 is 16.1 Å². The standard InChI is InChI=1S/C24H32N2O5S/c1-4-31-22-12-10-21(11-13-22)26(32(3,28)29)19(2)23(27)25-18-24(14-16-30-17-15-24)20-8-6-5-7-9-20/h5-13,19H,4,14-18H2,1-3H3,(H,25,27). The third-order valence-electron chi connectivity index (χ3n) is 5.93. The largest absolute Gasteiger partial charge is 0.494 e. The van der Waals surface area contributed by atoms with Gasteiger partial charge in [0.15, 0.2) is 0 Å². The normalized spacial score (nSPS) is 16.7. The summed E-state index contributed by atoms with van der Waals surface area (Å²) in [5.74, 6) is 0.303. The van der Waals surface area contributed by atoms with E-state index in [1.54, 1.807) is 31.2 Å². The van der Waals surface area contributed by atoms with Gasteiger partial charge in [-0.2, -0.15) is 0 Å². The van der Waals surface area contributed by atoms with Crippen LogP contribution in [0.25, 0.3) is 0 Å². The van der Waals surface area contributed by atoms with Crippen molar-refractivity contribution >= 4 is 21.6 Å². The van der Waals surface area contributed by atoms with Crippen molar-refractivity contribution in [3.8, 4) is 5.75 Å². The highest BCUT2D eigenvalue weighted by Crippen LogP contribution is 2.34. The number of amides is 1. The molecule has 2 aromatic carbocycles. The van der Waals surface area contributed by atoms with Gasteiger partial charge in [0.2, 0.25) is 15.9 Å². The number of benzene rings is 2. The highest BCUT2D eigenvalue weighted by Gasteiger charge is 2.36. The molecule has 2 aromatic rings. The van der Waals surface area contributed by atoms with Crippen LogP contribution >= 0.6 is 0 Å². The maximum Gasteiger partial charge on any atom is 0.243 e. The van der Waals surface area contributed by atoms with Gasteiger partial charge < -0.3 is 14.8 Å². The third-order valence-corrected chi connectivity index (χ3v) is 7.17. The second-order valence-corrected chi connectivity index (χ2v) is 10.00. The number of rotatable bonds is 9. The van der Waals surface area contributed by atoms with E-state index >= 15 is 0 Å². The second-order valence-electron chi connectivity index (χ2n) is 8.14. The van der Waals surface area contributed by atoms with Gasteiger partial charge in [-0.1, -0.05) is 30.3 Å². The van der Waals surface area contributed by atoms with Crippen LogP contribution in [-0.2, 0) is 25.0 Å². The van der Waals surface area contributed by atoms with Gasteiger partial charge in [-0.25, -0.2) is 8.42 Å². The molecule has 0 spiro atoms. The molecule has 0 aromatic heterocycles. The monoisotopic (exact) mass is 460 g/mol. The smallest absolute Gasteiger partial charge is 0.243 e. The molecule has 1 aliphatic heterocycles. The van der Waals surface area contributed by atoms with Crippen molar-refractivity contribution in [3.63, 3.8) is 0 Å². The van der Waals surface area contributed by atoms with E-state index in [4.69, 9.17) is 9.47 Å². The molecule has 7 nitrogen and oxygen atoms in total. The summed E-state index contributed by atoms with van der Waals surface area (Å²) in [4.78, 5) is 13.1. The first kappa shape index (κ1) is 24.1. The Morgan fingerprint density at radius 3 is 2.31 bits per heavy atom. The Labute approximate surface area is 190 Å². The average Bonchev–Trinajstić information content (AvgIpc) is 2.79. The Bertz CT molecular complexity index is 987. The molecular formula is C24H32N2O5S. The molecule has 0 aliphatic carbocycles. The third kappa shape index (κ3) is 5.61. The van der Waals surface area contributed by atoms with Crippen molar-refractivity contribution in [1.29, 1.82) is 0 Å². The van der Waals surface area contributed by atoms with Crippen molar-refractivity contribution in [2.45, 2.75) is 38.1 Å². The van der Waals surface area contributed by atoms with Crippen LogP contribution in [0.4, 0.5) is 5.69 Å². The van der Waals surface area contributed by atoms with Gasteiger partial charge in [-0.05, 0) is 56.5 Å². The Hall–Kier alpha value is -2.58.